The van der Waals surface area contributed by atoms with Gasteiger partial charge in [-0.3, -0.25) is 0 Å². The van der Waals surface area contributed by atoms with Crippen LogP contribution >= 0.6 is 15.9 Å². The van der Waals surface area contributed by atoms with Gasteiger partial charge in [-0.05, 0) is 41.8 Å². The maximum Gasteiger partial charge on any atom is 0.128 e. The summed E-state index contributed by atoms with van der Waals surface area (Å²) in [4.78, 5) is 3.79. The third kappa shape index (κ3) is 2.21. The summed E-state index contributed by atoms with van der Waals surface area (Å²) >= 11 is 3.08. The predicted octanol–water partition coefficient (Wildman–Crippen LogP) is 2.69. The minimum Gasteiger partial charge on any atom is -0.357 e. The first-order chi connectivity index (χ1) is 9.62. The fourth-order valence-electron chi connectivity index (χ4n) is 0.643. The molecule has 0 fully saturated rings. The lowest BCUT2D eigenvalue weighted by Crippen LogP contribution is -2.22. The third-order valence-corrected chi connectivity index (χ3v) is 1.63. The van der Waals surface area contributed by atoms with Crippen LogP contribution in [0.3, 0.4) is 0 Å². The lowest BCUT2D eigenvalue weighted by atomic mass is 10.4. The Labute approximate surface area is 95.8 Å². The van der Waals surface area contributed by atoms with Crippen LogP contribution in [0.2, 0.25) is 0 Å². The number of halogens is 1. The predicted molar refractivity (Wildman–Crippen MR) is 55.5 cm³/mol. The normalized spacial score (nSPS) is 26.8. The Hall–Kier alpha value is -0.570. The van der Waals surface area contributed by atoms with Crippen LogP contribution in [0.15, 0.2) is 22.8 Å². The molecule has 0 bridgehead atoms. The first-order valence-corrected chi connectivity index (χ1v) is 3.83. The van der Waals surface area contributed by atoms with Crippen LogP contribution in [0.4, 0.5) is 5.82 Å². The van der Waals surface area contributed by atoms with Crippen LogP contribution in [0.25, 0.3) is 0 Å². The molecule has 0 aliphatic rings. The Kier molecular flexibility index (Phi) is 1.00. The van der Waals surface area contributed by atoms with Gasteiger partial charge < -0.3 is 4.90 Å². The van der Waals surface area contributed by atoms with Gasteiger partial charge in [0, 0.05) is 37.4 Å². The van der Waals surface area contributed by atoms with Crippen molar-refractivity contribution in [3.05, 3.63) is 22.8 Å². The summed E-state index contributed by atoms with van der Waals surface area (Å²) < 4.78 is 75.1. The zero-order chi connectivity index (χ0) is 17.6. The van der Waals surface area contributed by atoms with Crippen molar-refractivity contribution in [1.82, 2.24) is 4.98 Å². The highest BCUT2D eigenvalue weighted by Gasteiger charge is 2.00. The zero-order valence-electron chi connectivity index (χ0n) is 16.0. The van der Waals surface area contributed by atoms with Crippen LogP contribution in [0.1, 0.15) is 27.4 Å². The molecule has 0 unspecified atom stereocenters. The lowest BCUT2D eigenvalue weighted by molar-refractivity contribution is 0.845. The smallest absolute Gasteiger partial charge is 0.128 e. The van der Waals surface area contributed by atoms with Crippen LogP contribution in [-0.4, -0.2) is 18.0 Å². The van der Waals surface area contributed by atoms with E-state index in [1.54, 1.807) is 0 Å². The summed E-state index contributed by atoms with van der Waals surface area (Å²) in [6.45, 7) is -13.2. The number of nitrogens with zero attached hydrogens (tertiary/aromatic N) is 2. The molecular weight excluding hydrogens is 216 g/mol. The van der Waals surface area contributed by atoms with E-state index in [2.05, 4.69) is 20.9 Å². The van der Waals surface area contributed by atoms with Gasteiger partial charge in [0.15, 0.2) is 0 Å². The van der Waals surface area contributed by atoms with Gasteiger partial charge in [0.05, 0.1) is 0 Å². The Bertz CT molecular complexity index is 495. The van der Waals surface area contributed by atoms with E-state index in [-0.39, 0.29) is 4.90 Å². The van der Waals surface area contributed by atoms with Gasteiger partial charge in [-0.25, -0.2) is 4.98 Å². The van der Waals surface area contributed by atoms with Crippen molar-refractivity contribution in [2.24, 2.45) is 0 Å². The van der Waals surface area contributed by atoms with Crippen LogP contribution in [-0.2, 0) is 0 Å². The number of hydrogen-bond donors (Lipinski definition) is 0. The zero-order valence-corrected chi connectivity index (χ0v) is 7.59. The monoisotopic (exact) mass is 238 g/mol. The molecule has 0 amide bonds. The molecule has 12 heavy (non-hydrogen) atoms. The molecule has 0 aromatic carbocycles. The minimum atomic E-state index is -3.29. The molecule has 0 spiro atoms. The van der Waals surface area contributed by atoms with Crippen molar-refractivity contribution in [1.29, 1.82) is 0 Å². The van der Waals surface area contributed by atoms with E-state index in [0.717, 1.165) is 6.07 Å². The first kappa shape index (κ1) is 2.71. The maximum absolute atomic E-state index is 7.75. The van der Waals surface area contributed by atoms with E-state index in [9.17, 15) is 0 Å². The van der Waals surface area contributed by atoms with Crippen LogP contribution in [0.5, 0.6) is 0 Å². The molecule has 1 aromatic rings. The number of pyridine rings is 1. The largest absolute Gasteiger partial charge is 0.357 e. The molecule has 1 rings (SSSR count). The van der Waals surface area contributed by atoms with Gasteiger partial charge in [-0.1, -0.05) is 0 Å². The molecule has 0 atom stereocenters. The van der Waals surface area contributed by atoms with Crippen LogP contribution in [0, 0.1) is 0 Å². The van der Waals surface area contributed by atoms with Gasteiger partial charge >= 0.3 is 0 Å². The maximum atomic E-state index is 7.75. The van der Waals surface area contributed by atoms with Crippen molar-refractivity contribution in [3.8, 4) is 0 Å². The molecule has 0 saturated carbocycles. The van der Waals surface area contributed by atoms with Gasteiger partial charge in [-0.15, -0.1) is 0 Å². The first-order valence-electron chi connectivity index (χ1n) is 8.04. The van der Waals surface area contributed by atoms with Crippen molar-refractivity contribution >= 4 is 21.7 Å². The number of anilines is 1. The Morgan fingerprint density at radius 3 is 2.83 bits per heavy atom. The topological polar surface area (TPSA) is 16.1 Å². The Morgan fingerprint density at radius 1 is 1.58 bits per heavy atom. The fourth-order valence-corrected chi connectivity index (χ4v) is 0.877. The highest BCUT2D eigenvalue weighted by Crippen LogP contribution is 2.13. The van der Waals surface area contributed by atoms with Gasteiger partial charge in [0.1, 0.15) is 5.82 Å². The van der Waals surface area contributed by atoms with E-state index in [1.807, 2.05) is 0 Å². The second-order valence-electron chi connectivity index (χ2n) is 1.89. The van der Waals surface area contributed by atoms with Crippen molar-refractivity contribution < 1.29 is 13.7 Å². The molecule has 0 radical (unpaired) electrons. The number of hydrogen-bond acceptors (Lipinski definition) is 2. The van der Waals surface area contributed by atoms with Crippen LogP contribution < -0.4 is 4.90 Å². The summed E-state index contributed by atoms with van der Waals surface area (Å²) in [5.41, 5.74) is 0. The van der Waals surface area contributed by atoms with Crippen molar-refractivity contribution in [3.63, 3.8) is 0 Å². The third-order valence-electron chi connectivity index (χ3n) is 1.16. The van der Waals surface area contributed by atoms with E-state index in [4.69, 9.17) is 13.7 Å². The van der Waals surface area contributed by atoms with Gasteiger partial charge in [-0.2, -0.15) is 0 Å². The molecule has 0 saturated heterocycles. The summed E-state index contributed by atoms with van der Waals surface area (Å²) in [6.07, 6.45) is 1.19. The minimum absolute atomic E-state index is 0.0481. The molecular formula is C9H13BrN2. The molecule has 1 heterocycles. The molecule has 2 nitrogen and oxygen atoms in total. The highest BCUT2D eigenvalue weighted by atomic mass is 79.9. The van der Waals surface area contributed by atoms with Crippen molar-refractivity contribution in [2.45, 2.75) is 13.7 Å². The number of rotatable bonds is 3. The summed E-state index contributed by atoms with van der Waals surface area (Å²) in [5, 5.41) is 0. The molecule has 1 aromatic heterocycles. The summed E-state index contributed by atoms with van der Waals surface area (Å²) in [5.74, 6) is -0.439. The van der Waals surface area contributed by atoms with E-state index < -0.39 is 32.5 Å². The second kappa shape index (κ2) is 4.45. The van der Waals surface area contributed by atoms with Gasteiger partial charge in [0.2, 0.25) is 0 Å². The SMILES string of the molecule is [2H]C([2H])([2H])C([2H])([2H])N(c1ccc(Br)cn1)C([2H])([2H])C([2H])([2H])[2H]. The standard InChI is InChI=1S/C9H13BrN2/c1-3-12(4-2)9-6-5-8(10)7-11-9/h5-7H,3-4H2,1-2H3/i1D3,2D3,3D2,4D2. The summed E-state index contributed by atoms with van der Waals surface area (Å²) in [7, 11) is 0. The molecule has 0 aliphatic carbocycles. The van der Waals surface area contributed by atoms with E-state index in [1.165, 1.54) is 12.3 Å². The van der Waals surface area contributed by atoms with Crippen molar-refractivity contribution in [2.75, 3.05) is 17.9 Å². The Balaban J connectivity index is 3.57. The Morgan fingerprint density at radius 2 is 2.33 bits per heavy atom. The summed E-state index contributed by atoms with van der Waals surface area (Å²) in [6, 6.07) is 2.51. The fraction of sp³-hybridized carbons (Fsp3) is 0.444. The average Bonchev–Trinajstić information content (AvgIpc) is 2.28. The molecule has 0 N–H and O–H groups in total. The quantitative estimate of drug-likeness (QED) is 0.806. The molecule has 3 heteroatoms. The molecule has 66 valence electrons. The highest BCUT2D eigenvalue weighted by molar-refractivity contribution is 9.10. The molecule has 0 aliphatic heterocycles. The lowest BCUT2D eigenvalue weighted by Gasteiger charge is -2.19. The number of aromatic nitrogens is 1. The average molecular weight is 239 g/mol. The van der Waals surface area contributed by atoms with E-state index in [0.29, 0.717) is 4.47 Å². The second-order valence-corrected chi connectivity index (χ2v) is 2.81. The van der Waals surface area contributed by atoms with E-state index >= 15 is 0 Å². The van der Waals surface area contributed by atoms with Gasteiger partial charge in [0.25, 0.3) is 0 Å².